The highest BCUT2D eigenvalue weighted by Crippen LogP contribution is 2.24. The van der Waals surface area contributed by atoms with Gasteiger partial charge in [-0.25, -0.2) is 4.98 Å². The van der Waals surface area contributed by atoms with Gasteiger partial charge < -0.3 is 4.90 Å². The third-order valence-corrected chi connectivity index (χ3v) is 4.59. The van der Waals surface area contributed by atoms with Gasteiger partial charge in [-0.15, -0.1) is 0 Å². The molecule has 0 atom stereocenters. The Bertz CT molecular complexity index is 700. The fraction of sp³-hybridized carbons (Fsp3) is 0.267. The van der Waals surface area contributed by atoms with Crippen molar-refractivity contribution in [1.29, 1.82) is 0 Å². The second-order valence-electron chi connectivity index (χ2n) is 4.87. The molecule has 0 aliphatic heterocycles. The highest BCUT2D eigenvalue weighted by molar-refractivity contribution is 7.90. The van der Waals surface area contributed by atoms with E-state index in [0.29, 0.717) is 5.82 Å². The predicted octanol–water partition coefficient (Wildman–Crippen LogP) is 2.46. The normalized spacial score (nSPS) is 11.5. The molecule has 0 bridgehead atoms. The molecule has 0 fully saturated rings. The van der Waals surface area contributed by atoms with E-state index in [0.717, 1.165) is 22.2 Å². The first-order chi connectivity index (χ1) is 10.4. The zero-order chi connectivity index (χ0) is 16.2. The molecular formula is C15H20N4O2S. The van der Waals surface area contributed by atoms with Gasteiger partial charge >= 0.3 is 10.2 Å². The topological polar surface area (TPSA) is 65.5 Å². The number of para-hydroxylation sites is 1. The predicted molar refractivity (Wildman–Crippen MR) is 89.6 cm³/mol. The van der Waals surface area contributed by atoms with Gasteiger partial charge in [0.05, 0.1) is 11.9 Å². The summed E-state index contributed by atoms with van der Waals surface area (Å²) in [7, 11) is -0.608. The van der Waals surface area contributed by atoms with Crippen LogP contribution < -0.4 is 9.62 Å². The van der Waals surface area contributed by atoms with Crippen LogP contribution in [0, 0.1) is 0 Å². The molecule has 0 radical (unpaired) electrons. The Labute approximate surface area is 131 Å². The van der Waals surface area contributed by atoms with Crippen LogP contribution in [0.5, 0.6) is 0 Å². The molecule has 2 rings (SSSR count). The van der Waals surface area contributed by atoms with Gasteiger partial charge in [-0.1, -0.05) is 18.2 Å². The minimum absolute atomic E-state index is 0.293. The molecule has 0 aliphatic carbocycles. The summed E-state index contributed by atoms with van der Waals surface area (Å²) in [6.07, 6.45) is 1.66. The van der Waals surface area contributed by atoms with Crippen LogP contribution in [-0.4, -0.2) is 38.3 Å². The summed E-state index contributed by atoms with van der Waals surface area (Å²) in [5.41, 5.74) is 1.97. The quantitative estimate of drug-likeness (QED) is 0.888. The molecule has 1 N–H and O–H groups in total. The van der Waals surface area contributed by atoms with E-state index in [2.05, 4.69) is 21.5 Å². The molecule has 0 spiro atoms. The summed E-state index contributed by atoms with van der Waals surface area (Å²) in [5, 5.41) is 0. The fourth-order valence-corrected chi connectivity index (χ4v) is 2.52. The molecule has 0 saturated carbocycles. The first-order valence-electron chi connectivity index (χ1n) is 6.93. The van der Waals surface area contributed by atoms with Crippen LogP contribution in [0.3, 0.4) is 0 Å². The molecule has 6 nitrogen and oxygen atoms in total. The van der Waals surface area contributed by atoms with E-state index >= 15 is 0 Å². The minimum atomic E-state index is -3.53. The number of hydrogen-bond donors (Lipinski definition) is 1. The molecule has 0 aliphatic rings. The monoisotopic (exact) mass is 320 g/mol. The second-order valence-corrected chi connectivity index (χ2v) is 6.76. The maximum Gasteiger partial charge on any atom is 0.302 e. The lowest BCUT2D eigenvalue weighted by Gasteiger charge is -2.23. The number of nitrogens with zero attached hydrogens (tertiary/aromatic N) is 3. The first-order valence-corrected chi connectivity index (χ1v) is 8.37. The van der Waals surface area contributed by atoms with Crippen molar-refractivity contribution in [3.05, 3.63) is 48.7 Å². The van der Waals surface area contributed by atoms with Crippen molar-refractivity contribution in [3.8, 4) is 0 Å². The Kier molecular flexibility index (Phi) is 4.99. The Balaban J connectivity index is 2.21. The summed E-state index contributed by atoms with van der Waals surface area (Å²) in [4.78, 5) is 6.28. The molecular weight excluding hydrogens is 300 g/mol. The van der Waals surface area contributed by atoms with Crippen molar-refractivity contribution in [1.82, 2.24) is 9.29 Å². The van der Waals surface area contributed by atoms with Crippen LogP contribution in [0.2, 0.25) is 0 Å². The molecule has 0 unspecified atom stereocenters. The van der Waals surface area contributed by atoms with Crippen molar-refractivity contribution < 1.29 is 8.42 Å². The lowest BCUT2D eigenvalue weighted by Crippen LogP contribution is -2.29. The van der Waals surface area contributed by atoms with Gasteiger partial charge in [0.2, 0.25) is 0 Å². The van der Waals surface area contributed by atoms with Gasteiger partial charge in [-0.05, 0) is 31.2 Å². The first kappa shape index (κ1) is 16.3. The Morgan fingerprint density at radius 1 is 1.05 bits per heavy atom. The molecule has 7 heteroatoms. The maximum atomic E-state index is 11.8. The van der Waals surface area contributed by atoms with Gasteiger partial charge in [0.1, 0.15) is 5.82 Å². The van der Waals surface area contributed by atoms with Crippen LogP contribution in [0.15, 0.2) is 48.7 Å². The smallest absolute Gasteiger partial charge is 0.302 e. The fourth-order valence-electron chi connectivity index (χ4n) is 1.95. The number of rotatable bonds is 6. The van der Waals surface area contributed by atoms with Crippen molar-refractivity contribution in [3.63, 3.8) is 0 Å². The van der Waals surface area contributed by atoms with Crippen molar-refractivity contribution in [2.45, 2.75) is 6.92 Å². The highest BCUT2D eigenvalue weighted by atomic mass is 32.2. The molecule has 22 heavy (non-hydrogen) atoms. The molecule has 1 heterocycles. The average molecular weight is 320 g/mol. The minimum Gasteiger partial charge on any atom is -0.341 e. The molecule has 1 aromatic heterocycles. The summed E-state index contributed by atoms with van der Waals surface area (Å²) >= 11 is 0. The SMILES string of the molecule is CCN(c1ccccc1)c1ccc(NS(=O)(=O)N(C)C)nc1. The zero-order valence-electron chi connectivity index (χ0n) is 12.9. The summed E-state index contributed by atoms with van der Waals surface area (Å²) < 4.78 is 27.0. The highest BCUT2D eigenvalue weighted by Gasteiger charge is 2.14. The van der Waals surface area contributed by atoms with Crippen molar-refractivity contribution >= 4 is 27.4 Å². The standard InChI is InChI=1S/C15H20N4O2S/c1-4-19(13-8-6-5-7-9-13)14-10-11-15(16-12-14)17-22(20,21)18(2)3/h5-12H,4H2,1-3H3,(H,16,17). The summed E-state index contributed by atoms with van der Waals surface area (Å²) in [5.74, 6) is 0.293. The van der Waals surface area contributed by atoms with E-state index in [4.69, 9.17) is 0 Å². The van der Waals surface area contributed by atoms with Gasteiger partial charge in [-0.3, -0.25) is 4.72 Å². The third-order valence-electron chi connectivity index (χ3n) is 3.16. The van der Waals surface area contributed by atoms with E-state index in [9.17, 15) is 8.42 Å². The molecule has 0 saturated heterocycles. The van der Waals surface area contributed by atoms with Crippen LogP contribution >= 0.6 is 0 Å². The number of hydrogen-bond acceptors (Lipinski definition) is 4. The van der Waals surface area contributed by atoms with E-state index in [-0.39, 0.29) is 0 Å². The molecule has 118 valence electrons. The number of benzene rings is 1. The van der Waals surface area contributed by atoms with E-state index in [1.807, 2.05) is 36.4 Å². The Morgan fingerprint density at radius 3 is 2.23 bits per heavy atom. The number of nitrogens with one attached hydrogen (secondary N) is 1. The lowest BCUT2D eigenvalue weighted by molar-refractivity contribution is 0.526. The van der Waals surface area contributed by atoms with Crippen molar-refractivity contribution in [2.24, 2.45) is 0 Å². The summed E-state index contributed by atoms with van der Waals surface area (Å²) in [6.45, 7) is 2.84. The van der Waals surface area contributed by atoms with Crippen molar-refractivity contribution in [2.75, 3.05) is 30.3 Å². The van der Waals surface area contributed by atoms with Crippen LogP contribution in [0.1, 0.15) is 6.92 Å². The average Bonchev–Trinajstić information content (AvgIpc) is 2.50. The third kappa shape index (κ3) is 3.75. The molecule has 1 aromatic carbocycles. The van der Waals surface area contributed by atoms with Crippen LogP contribution in [-0.2, 0) is 10.2 Å². The Morgan fingerprint density at radius 2 is 1.73 bits per heavy atom. The number of aromatic nitrogens is 1. The molecule has 0 amide bonds. The largest absolute Gasteiger partial charge is 0.341 e. The van der Waals surface area contributed by atoms with Gasteiger partial charge in [-0.2, -0.15) is 12.7 Å². The lowest BCUT2D eigenvalue weighted by atomic mass is 10.2. The zero-order valence-corrected chi connectivity index (χ0v) is 13.7. The summed E-state index contributed by atoms with van der Waals surface area (Å²) in [6, 6.07) is 13.5. The van der Waals surface area contributed by atoms with Gasteiger partial charge in [0, 0.05) is 26.3 Å². The molecule has 2 aromatic rings. The second kappa shape index (κ2) is 6.76. The van der Waals surface area contributed by atoms with Crippen LogP contribution in [0.25, 0.3) is 0 Å². The number of pyridine rings is 1. The van der Waals surface area contributed by atoms with Crippen LogP contribution in [0.4, 0.5) is 17.2 Å². The van der Waals surface area contributed by atoms with Gasteiger partial charge in [0.15, 0.2) is 0 Å². The van der Waals surface area contributed by atoms with E-state index < -0.39 is 10.2 Å². The van der Waals surface area contributed by atoms with Gasteiger partial charge in [0.25, 0.3) is 0 Å². The maximum absolute atomic E-state index is 11.8. The van der Waals surface area contributed by atoms with E-state index in [1.165, 1.54) is 14.1 Å². The Hall–Kier alpha value is -2.12. The van der Waals surface area contributed by atoms with E-state index in [1.54, 1.807) is 12.3 Å². The number of anilines is 3.